The van der Waals surface area contributed by atoms with Crippen molar-refractivity contribution in [1.82, 2.24) is 34.6 Å². The Morgan fingerprint density at radius 2 is 1.96 bits per heavy atom. The molecule has 0 saturated carbocycles. The molecule has 9 nitrogen and oxygen atoms in total. The maximum absolute atomic E-state index is 12.8. The Balaban J connectivity index is 1.56. The highest BCUT2D eigenvalue weighted by atomic mass is 16.2. The quantitative estimate of drug-likeness (QED) is 0.681. The van der Waals surface area contributed by atoms with Crippen LogP contribution in [0.5, 0.6) is 0 Å². The molecule has 1 aliphatic rings. The number of amides is 1. The second-order valence-corrected chi connectivity index (χ2v) is 6.39. The molecule has 4 rings (SSSR count). The van der Waals surface area contributed by atoms with Crippen molar-refractivity contribution in [1.29, 1.82) is 0 Å². The first kappa shape index (κ1) is 17.8. The van der Waals surface area contributed by atoms with Gasteiger partial charge >= 0.3 is 0 Å². The van der Waals surface area contributed by atoms with Crippen molar-refractivity contribution < 1.29 is 4.79 Å². The molecule has 1 aliphatic heterocycles. The second kappa shape index (κ2) is 7.95. The lowest BCUT2D eigenvalue weighted by Gasteiger charge is -2.24. The monoisotopic (exact) mass is 376 g/mol. The first-order valence-electron chi connectivity index (χ1n) is 9.04. The number of anilines is 2. The molecule has 1 saturated heterocycles. The average molecular weight is 376 g/mol. The van der Waals surface area contributed by atoms with Gasteiger partial charge in [-0.05, 0) is 31.1 Å². The van der Waals surface area contributed by atoms with Gasteiger partial charge in [0.2, 0.25) is 11.9 Å². The van der Waals surface area contributed by atoms with Gasteiger partial charge in [0.25, 0.3) is 0 Å². The van der Waals surface area contributed by atoms with Crippen molar-refractivity contribution >= 4 is 23.7 Å². The average Bonchev–Trinajstić information content (AvgIpc) is 3.36. The van der Waals surface area contributed by atoms with Gasteiger partial charge in [0.05, 0.1) is 11.7 Å². The standard InChI is InChI=1S/C19H20N8O/c1-26-14(7-10-24-26)5-6-16(28)27-13-2-4-15(27)17-18(21-12-11-20-17)25-19-22-8-3-9-23-19/h3,5-12,15H,2,4,13H2,1H3,(H,21,22,23,25)/b6-5+/t15-/m0/s1. The van der Waals surface area contributed by atoms with Crippen molar-refractivity contribution in [3.8, 4) is 0 Å². The molecule has 0 radical (unpaired) electrons. The van der Waals surface area contributed by atoms with Crippen LogP contribution in [0.15, 0.2) is 49.2 Å². The molecule has 1 fully saturated rings. The first-order valence-corrected chi connectivity index (χ1v) is 9.04. The molecule has 1 atom stereocenters. The zero-order chi connectivity index (χ0) is 19.3. The van der Waals surface area contributed by atoms with Crippen LogP contribution in [-0.4, -0.2) is 47.1 Å². The van der Waals surface area contributed by atoms with E-state index in [1.165, 1.54) is 0 Å². The van der Waals surface area contributed by atoms with Gasteiger partial charge in [-0.3, -0.25) is 14.5 Å². The van der Waals surface area contributed by atoms with E-state index < -0.39 is 0 Å². The van der Waals surface area contributed by atoms with E-state index in [0.717, 1.165) is 24.2 Å². The Morgan fingerprint density at radius 1 is 1.14 bits per heavy atom. The van der Waals surface area contributed by atoms with E-state index in [2.05, 4.69) is 30.4 Å². The fraction of sp³-hybridized carbons (Fsp3) is 0.263. The molecule has 9 heteroatoms. The largest absolute Gasteiger partial charge is 0.330 e. The number of aryl methyl sites for hydroxylation is 1. The van der Waals surface area contributed by atoms with E-state index >= 15 is 0 Å². The van der Waals surface area contributed by atoms with Crippen LogP contribution in [0.2, 0.25) is 0 Å². The summed E-state index contributed by atoms with van der Waals surface area (Å²) in [6.45, 7) is 0.678. The van der Waals surface area contributed by atoms with Crippen molar-refractivity contribution in [3.05, 3.63) is 60.6 Å². The number of rotatable bonds is 5. The highest BCUT2D eigenvalue weighted by Gasteiger charge is 2.32. The van der Waals surface area contributed by atoms with Gasteiger partial charge in [0.1, 0.15) is 5.69 Å². The number of hydrogen-bond acceptors (Lipinski definition) is 7. The minimum atomic E-state index is -0.149. The molecule has 0 aliphatic carbocycles. The van der Waals surface area contributed by atoms with E-state index in [0.29, 0.717) is 18.3 Å². The van der Waals surface area contributed by atoms with E-state index in [4.69, 9.17) is 0 Å². The van der Waals surface area contributed by atoms with Gasteiger partial charge in [0.15, 0.2) is 5.82 Å². The predicted molar refractivity (Wildman–Crippen MR) is 103 cm³/mol. The molecular formula is C19H20N8O. The van der Waals surface area contributed by atoms with Crippen LogP contribution in [0.4, 0.5) is 11.8 Å². The third-order valence-electron chi connectivity index (χ3n) is 4.63. The summed E-state index contributed by atoms with van der Waals surface area (Å²) >= 11 is 0. The number of carbonyl (C=O) groups is 1. The first-order chi connectivity index (χ1) is 13.7. The summed E-state index contributed by atoms with van der Waals surface area (Å²) < 4.78 is 1.72. The molecule has 0 bridgehead atoms. The topological polar surface area (TPSA) is 102 Å². The highest BCUT2D eigenvalue weighted by Crippen LogP contribution is 2.34. The lowest BCUT2D eigenvalue weighted by atomic mass is 10.1. The molecule has 142 valence electrons. The van der Waals surface area contributed by atoms with Crippen LogP contribution in [0.25, 0.3) is 6.08 Å². The Bertz CT molecular complexity index is 984. The van der Waals surface area contributed by atoms with Gasteiger partial charge in [-0.15, -0.1) is 0 Å². The molecule has 0 spiro atoms. The van der Waals surface area contributed by atoms with E-state index in [9.17, 15) is 4.79 Å². The zero-order valence-corrected chi connectivity index (χ0v) is 15.4. The number of carbonyl (C=O) groups excluding carboxylic acids is 1. The summed E-state index contributed by atoms with van der Waals surface area (Å²) in [5, 5.41) is 7.22. The smallest absolute Gasteiger partial charge is 0.247 e. The molecule has 0 aromatic carbocycles. The zero-order valence-electron chi connectivity index (χ0n) is 15.4. The number of nitrogens with zero attached hydrogens (tertiary/aromatic N) is 7. The van der Waals surface area contributed by atoms with Crippen molar-refractivity contribution in [2.45, 2.75) is 18.9 Å². The minimum absolute atomic E-state index is 0.0590. The summed E-state index contributed by atoms with van der Waals surface area (Å²) in [4.78, 5) is 31.9. The van der Waals surface area contributed by atoms with Crippen LogP contribution in [0, 0.1) is 0 Å². The maximum atomic E-state index is 12.8. The van der Waals surface area contributed by atoms with Crippen LogP contribution in [0.1, 0.15) is 30.3 Å². The number of aromatic nitrogens is 6. The number of likely N-dealkylation sites (tertiary alicyclic amines) is 1. The van der Waals surface area contributed by atoms with Crippen molar-refractivity contribution in [2.24, 2.45) is 7.05 Å². The van der Waals surface area contributed by atoms with Gasteiger partial charge in [0, 0.05) is 50.7 Å². The summed E-state index contributed by atoms with van der Waals surface area (Å²) in [7, 11) is 1.84. The normalized spacial score (nSPS) is 16.6. The highest BCUT2D eigenvalue weighted by molar-refractivity contribution is 5.92. The summed E-state index contributed by atoms with van der Waals surface area (Å²) in [6.07, 6.45) is 13.3. The van der Waals surface area contributed by atoms with Crippen molar-refractivity contribution in [2.75, 3.05) is 11.9 Å². The Kier molecular flexibility index (Phi) is 5.05. The third kappa shape index (κ3) is 3.73. The summed E-state index contributed by atoms with van der Waals surface area (Å²) in [6, 6.07) is 3.45. The molecule has 4 heterocycles. The van der Waals surface area contributed by atoms with Crippen LogP contribution >= 0.6 is 0 Å². The van der Waals surface area contributed by atoms with E-state index in [1.807, 2.05) is 18.0 Å². The molecule has 1 N–H and O–H groups in total. The van der Waals surface area contributed by atoms with Crippen LogP contribution < -0.4 is 5.32 Å². The lowest BCUT2D eigenvalue weighted by Crippen LogP contribution is -2.30. The van der Waals surface area contributed by atoms with E-state index in [-0.39, 0.29) is 11.9 Å². The second-order valence-electron chi connectivity index (χ2n) is 6.39. The Morgan fingerprint density at radius 3 is 2.75 bits per heavy atom. The van der Waals surface area contributed by atoms with Crippen molar-refractivity contribution in [3.63, 3.8) is 0 Å². The summed E-state index contributed by atoms with van der Waals surface area (Å²) in [5.74, 6) is 0.946. The molecule has 1 amide bonds. The number of hydrogen-bond donors (Lipinski definition) is 1. The Hall–Kier alpha value is -3.62. The fourth-order valence-corrected chi connectivity index (χ4v) is 3.27. The Labute approximate surface area is 162 Å². The molecule has 0 unspecified atom stereocenters. The predicted octanol–water partition coefficient (Wildman–Crippen LogP) is 2.12. The van der Waals surface area contributed by atoms with Gasteiger partial charge < -0.3 is 10.2 Å². The van der Waals surface area contributed by atoms with Crippen LogP contribution in [0.3, 0.4) is 0 Å². The summed E-state index contributed by atoms with van der Waals surface area (Å²) in [5.41, 5.74) is 1.59. The lowest BCUT2D eigenvalue weighted by molar-refractivity contribution is -0.126. The molecule has 28 heavy (non-hydrogen) atoms. The molecule has 3 aromatic rings. The van der Waals surface area contributed by atoms with Gasteiger partial charge in [-0.25, -0.2) is 15.0 Å². The molecular weight excluding hydrogens is 356 g/mol. The van der Waals surface area contributed by atoms with Gasteiger partial charge in [-0.2, -0.15) is 5.10 Å². The van der Waals surface area contributed by atoms with E-state index in [1.54, 1.807) is 53.9 Å². The van der Waals surface area contributed by atoms with Gasteiger partial charge in [-0.1, -0.05) is 0 Å². The maximum Gasteiger partial charge on any atom is 0.247 e. The SMILES string of the molecule is Cn1nccc1/C=C/C(=O)N1CCC[C@H]1c1nccnc1Nc1ncccn1. The molecule has 3 aromatic heterocycles. The minimum Gasteiger partial charge on any atom is -0.330 e. The van der Waals surface area contributed by atoms with Crippen LogP contribution in [-0.2, 0) is 11.8 Å². The third-order valence-corrected chi connectivity index (χ3v) is 4.63. The fourth-order valence-electron chi connectivity index (χ4n) is 3.27. The number of nitrogens with one attached hydrogen (secondary N) is 1.